The van der Waals surface area contributed by atoms with Crippen molar-refractivity contribution in [3.05, 3.63) is 52.9 Å². The number of carbonyl (C=O) groups is 2. The molecular formula is C18H20N2O4S2. The molecule has 1 aromatic heterocycles. The van der Waals surface area contributed by atoms with E-state index in [9.17, 15) is 18.0 Å². The smallest absolute Gasteiger partial charge is 0.309 e. The van der Waals surface area contributed by atoms with E-state index in [1.165, 1.54) is 0 Å². The van der Waals surface area contributed by atoms with E-state index in [4.69, 9.17) is 0 Å². The first-order valence-corrected chi connectivity index (χ1v) is 10.7. The molecule has 6 nitrogen and oxygen atoms in total. The zero-order valence-electron chi connectivity index (χ0n) is 14.3. The quantitative estimate of drug-likeness (QED) is 0.735. The average molecular weight is 393 g/mol. The fourth-order valence-electron chi connectivity index (χ4n) is 2.50. The third-order valence-electron chi connectivity index (χ3n) is 4.17. The molecule has 0 spiro atoms. The molecule has 1 atom stereocenters. The van der Waals surface area contributed by atoms with Gasteiger partial charge in [-0.2, -0.15) is 0 Å². The van der Waals surface area contributed by atoms with E-state index >= 15 is 0 Å². The second kappa shape index (κ2) is 7.59. The molecule has 26 heavy (non-hydrogen) atoms. The third kappa shape index (κ3) is 4.31. The number of carbonyl (C=O) groups excluding carboxylic acids is 2. The third-order valence-corrected chi connectivity index (χ3v) is 7.70. The molecule has 0 aliphatic heterocycles. The first kappa shape index (κ1) is 18.6. The molecule has 0 saturated heterocycles. The number of nitrogens with one attached hydrogen (secondary N) is 2. The summed E-state index contributed by atoms with van der Waals surface area (Å²) in [6, 6.07) is 10.4. The first-order valence-electron chi connectivity index (χ1n) is 8.30. The van der Waals surface area contributed by atoms with Crippen molar-refractivity contribution in [1.29, 1.82) is 0 Å². The van der Waals surface area contributed by atoms with E-state index < -0.39 is 26.9 Å². The van der Waals surface area contributed by atoms with Crippen molar-refractivity contribution in [3.63, 3.8) is 0 Å². The minimum atomic E-state index is -3.68. The predicted octanol–water partition coefficient (Wildman–Crippen LogP) is 1.97. The van der Waals surface area contributed by atoms with Crippen molar-refractivity contribution in [2.75, 3.05) is 6.54 Å². The lowest BCUT2D eigenvalue weighted by Gasteiger charge is -2.18. The molecule has 2 N–H and O–H groups in total. The summed E-state index contributed by atoms with van der Waals surface area (Å²) in [5, 5.41) is 5.80. The maximum absolute atomic E-state index is 13.0. The van der Waals surface area contributed by atoms with Gasteiger partial charge in [0.15, 0.2) is 9.84 Å². The highest BCUT2D eigenvalue weighted by atomic mass is 32.2. The van der Waals surface area contributed by atoms with Crippen LogP contribution >= 0.6 is 11.3 Å². The van der Waals surface area contributed by atoms with Crippen LogP contribution in [0.1, 0.15) is 29.2 Å². The highest BCUT2D eigenvalue weighted by molar-refractivity contribution is 7.93. The highest BCUT2D eigenvalue weighted by Gasteiger charge is 2.32. The van der Waals surface area contributed by atoms with Gasteiger partial charge < -0.3 is 10.6 Å². The lowest BCUT2D eigenvalue weighted by atomic mass is 10.1. The van der Waals surface area contributed by atoms with Crippen molar-refractivity contribution in [1.82, 2.24) is 10.6 Å². The Bertz CT molecular complexity index is 886. The summed E-state index contributed by atoms with van der Waals surface area (Å²) < 4.78 is 26.3. The summed E-state index contributed by atoms with van der Waals surface area (Å²) in [7, 11) is -3.68. The molecule has 3 rings (SSSR count). The van der Waals surface area contributed by atoms with Crippen molar-refractivity contribution in [2.24, 2.45) is 0 Å². The summed E-state index contributed by atoms with van der Waals surface area (Å²) in [6.45, 7) is 1.75. The van der Waals surface area contributed by atoms with Crippen LogP contribution in [0, 0.1) is 6.92 Å². The van der Waals surface area contributed by atoms with Gasteiger partial charge in [0.1, 0.15) is 9.46 Å². The zero-order chi connectivity index (χ0) is 18.7. The fourth-order valence-corrected chi connectivity index (χ4v) is 5.36. The molecule has 1 saturated carbocycles. The van der Waals surface area contributed by atoms with Crippen molar-refractivity contribution in [3.8, 4) is 0 Å². The van der Waals surface area contributed by atoms with Gasteiger partial charge in [-0.1, -0.05) is 35.9 Å². The van der Waals surface area contributed by atoms with Gasteiger partial charge in [0.25, 0.3) is 0 Å². The number of aryl methyl sites for hydroxylation is 1. The zero-order valence-corrected chi connectivity index (χ0v) is 15.9. The van der Waals surface area contributed by atoms with Crippen LogP contribution in [-0.2, 0) is 19.4 Å². The van der Waals surface area contributed by atoms with Gasteiger partial charge in [0.05, 0.1) is 0 Å². The van der Waals surface area contributed by atoms with Crippen molar-refractivity contribution in [2.45, 2.75) is 35.3 Å². The Morgan fingerprint density at radius 2 is 1.85 bits per heavy atom. The molecule has 8 heteroatoms. The van der Waals surface area contributed by atoms with Gasteiger partial charge in [0, 0.05) is 12.6 Å². The van der Waals surface area contributed by atoms with Crippen LogP contribution in [0.4, 0.5) is 0 Å². The van der Waals surface area contributed by atoms with Gasteiger partial charge in [-0.15, -0.1) is 11.3 Å². The Balaban J connectivity index is 1.80. The Morgan fingerprint density at radius 1 is 1.15 bits per heavy atom. The Kier molecular flexibility index (Phi) is 5.43. The number of benzene rings is 1. The van der Waals surface area contributed by atoms with E-state index in [1.807, 2.05) is 19.1 Å². The van der Waals surface area contributed by atoms with Gasteiger partial charge in [-0.25, -0.2) is 8.42 Å². The average Bonchev–Trinajstić information content (AvgIpc) is 3.24. The van der Waals surface area contributed by atoms with Crippen LogP contribution in [0.25, 0.3) is 0 Å². The molecular weight excluding hydrogens is 372 g/mol. The van der Waals surface area contributed by atoms with Crippen LogP contribution in [0.5, 0.6) is 0 Å². The summed E-state index contributed by atoms with van der Waals surface area (Å²) in [5.74, 6) is -1.53. The lowest BCUT2D eigenvalue weighted by molar-refractivity contribution is -0.139. The van der Waals surface area contributed by atoms with Crippen LogP contribution in [-0.4, -0.2) is 32.8 Å². The second-order valence-electron chi connectivity index (χ2n) is 6.33. The molecule has 1 aliphatic carbocycles. The molecule has 1 aromatic carbocycles. The maximum Gasteiger partial charge on any atom is 0.309 e. The normalized spacial score (nSPS) is 15.3. The Morgan fingerprint density at radius 3 is 2.42 bits per heavy atom. The summed E-state index contributed by atoms with van der Waals surface area (Å²) in [4.78, 5) is 23.8. The monoisotopic (exact) mass is 392 g/mol. The topological polar surface area (TPSA) is 92.3 Å². The molecule has 2 amide bonds. The maximum atomic E-state index is 13.0. The number of sulfone groups is 1. The predicted molar refractivity (Wildman–Crippen MR) is 99.6 cm³/mol. The van der Waals surface area contributed by atoms with Gasteiger partial charge in [-0.05, 0) is 36.8 Å². The highest BCUT2D eigenvalue weighted by Crippen LogP contribution is 2.31. The molecule has 0 unspecified atom stereocenters. The van der Waals surface area contributed by atoms with Gasteiger partial charge in [0.2, 0.25) is 0 Å². The van der Waals surface area contributed by atoms with Crippen LogP contribution in [0.3, 0.4) is 0 Å². The summed E-state index contributed by atoms with van der Waals surface area (Å²) in [5.41, 5.74) is 1.58. The SMILES string of the molecule is Cc1ccc([C@H](CNC(=O)C(=O)NC2CC2)S(=O)(=O)c2cccs2)cc1. The largest absolute Gasteiger partial charge is 0.346 e. The minimum absolute atomic E-state index is 0.0657. The number of thiophene rings is 1. The van der Waals surface area contributed by atoms with E-state index in [-0.39, 0.29) is 16.8 Å². The molecule has 2 aromatic rings. The molecule has 1 fully saturated rings. The molecule has 1 heterocycles. The minimum Gasteiger partial charge on any atom is -0.346 e. The van der Waals surface area contributed by atoms with Crippen molar-refractivity contribution >= 4 is 33.0 Å². The second-order valence-corrected chi connectivity index (χ2v) is 9.64. The first-order chi connectivity index (χ1) is 12.4. The number of hydrogen-bond donors (Lipinski definition) is 2. The molecule has 0 bridgehead atoms. The van der Waals surface area contributed by atoms with Crippen LogP contribution in [0.2, 0.25) is 0 Å². The van der Waals surface area contributed by atoms with E-state index in [0.29, 0.717) is 5.56 Å². The molecule has 1 aliphatic rings. The number of amides is 2. The molecule has 138 valence electrons. The molecule has 0 radical (unpaired) electrons. The van der Waals surface area contributed by atoms with Gasteiger partial charge in [-0.3, -0.25) is 9.59 Å². The number of rotatable bonds is 6. The van der Waals surface area contributed by atoms with Crippen LogP contribution < -0.4 is 10.6 Å². The van der Waals surface area contributed by atoms with E-state index in [1.54, 1.807) is 29.6 Å². The van der Waals surface area contributed by atoms with E-state index in [0.717, 1.165) is 29.7 Å². The number of hydrogen-bond acceptors (Lipinski definition) is 5. The van der Waals surface area contributed by atoms with E-state index in [2.05, 4.69) is 10.6 Å². The Hall–Kier alpha value is -2.19. The fraction of sp³-hybridized carbons (Fsp3) is 0.333. The standard InChI is InChI=1S/C18H20N2O4S2/c1-12-4-6-13(7-5-12)15(26(23,24)16-3-2-10-25-16)11-19-17(21)18(22)20-14-8-9-14/h2-7,10,14-15H,8-9,11H2,1H3,(H,19,21)(H,20,22)/t15-/m0/s1. The van der Waals surface area contributed by atoms with Gasteiger partial charge >= 0.3 is 11.8 Å². The summed E-state index contributed by atoms with van der Waals surface area (Å²) >= 11 is 1.13. The summed E-state index contributed by atoms with van der Waals surface area (Å²) in [6.07, 6.45) is 1.75. The lowest BCUT2D eigenvalue weighted by Crippen LogP contribution is -2.43. The Labute approximate surface area is 156 Å². The van der Waals surface area contributed by atoms with Crippen molar-refractivity contribution < 1.29 is 18.0 Å². The van der Waals surface area contributed by atoms with Crippen LogP contribution in [0.15, 0.2) is 46.0 Å².